The van der Waals surface area contributed by atoms with Crippen molar-refractivity contribution in [2.24, 2.45) is 5.92 Å². The molecule has 3 N–H and O–H groups in total. The fraction of sp³-hybridized carbons (Fsp3) is 0.562. The van der Waals surface area contributed by atoms with Crippen LogP contribution in [0.5, 0.6) is 0 Å². The number of anilines is 1. The lowest BCUT2D eigenvalue weighted by Crippen LogP contribution is -2.41. The summed E-state index contributed by atoms with van der Waals surface area (Å²) >= 11 is 0. The number of hydrogen-bond acceptors (Lipinski definition) is 2. The molecule has 1 fully saturated rings. The van der Waals surface area contributed by atoms with E-state index in [-0.39, 0.29) is 5.91 Å². The first-order valence-electron chi connectivity index (χ1n) is 7.28. The van der Waals surface area contributed by atoms with Gasteiger partial charge in [-0.1, -0.05) is 26.2 Å². The van der Waals surface area contributed by atoms with Crippen molar-refractivity contribution in [3.63, 3.8) is 0 Å². The standard InChI is InChI=1S/C16H24N2O/c1-3-12-6-4-5-7-15(12)18-16(19)13-8-9-14(17)11(2)10-13/h8-10,12,15H,3-7,17H2,1-2H3,(H,18,19). The minimum Gasteiger partial charge on any atom is -0.399 e. The number of aryl methyl sites for hydroxylation is 1. The molecule has 1 aliphatic rings. The Hall–Kier alpha value is -1.51. The van der Waals surface area contributed by atoms with Crippen LogP contribution in [-0.2, 0) is 0 Å². The molecule has 0 bridgehead atoms. The van der Waals surface area contributed by atoms with Crippen molar-refractivity contribution in [3.8, 4) is 0 Å². The highest BCUT2D eigenvalue weighted by atomic mass is 16.1. The van der Waals surface area contributed by atoms with E-state index in [0.717, 1.165) is 24.1 Å². The van der Waals surface area contributed by atoms with Crippen molar-refractivity contribution < 1.29 is 4.79 Å². The smallest absolute Gasteiger partial charge is 0.251 e. The van der Waals surface area contributed by atoms with Crippen LogP contribution in [-0.4, -0.2) is 11.9 Å². The van der Waals surface area contributed by atoms with E-state index < -0.39 is 0 Å². The molecule has 3 heteroatoms. The molecule has 104 valence electrons. The van der Waals surface area contributed by atoms with Crippen molar-refractivity contribution in [3.05, 3.63) is 29.3 Å². The zero-order chi connectivity index (χ0) is 13.8. The summed E-state index contributed by atoms with van der Waals surface area (Å²) in [4.78, 5) is 12.3. The third-order valence-corrected chi connectivity index (χ3v) is 4.28. The van der Waals surface area contributed by atoms with Gasteiger partial charge >= 0.3 is 0 Å². The number of rotatable bonds is 3. The van der Waals surface area contributed by atoms with E-state index in [1.807, 2.05) is 19.1 Å². The molecule has 0 heterocycles. The first kappa shape index (κ1) is 13.9. The van der Waals surface area contributed by atoms with Gasteiger partial charge in [-0.15, -0.1) is 0 Å². The van der Waals surface area contributed by atoms with Gasteiger partial charge in [0, 0.05) is 17.3 Å². The van der Waals surface area contributed by atoms with Crippen LogP contribution in [0.2, 0.25) is 0 Å². The minimum atomic E-state index is 0.0356. The third kappa shape index (κ3) is 3.28. The Labute approximate surface area is 115 Å². The number of amides is 1. The summed E-state index contributed by atoms with van der Waals surface area (Å²) in [5.74, 6) is 0.668. The van der Waals surface area contributed by atoms with Crippen LogP contribution in [0.3, 0.4) is 0 Å². The van der Waals surface area contributed by atoms with Crippen LogP contribution >= 0.6 is 0 Å². The fourth-order valence-electron chi connectivity index (χ4n) is 2.95. The molecule has 2 unspecified atom stereocenters. The van der Waals surface area contributed by atoms with Crippen molar-refractivity contribution in [2.45, 2.75) is 52.0 Å². The molecule has 0 saturated heterocycles. The predicted molar refractivity (Wildman–Crippen MR) is 79.1 cm³/mol. The van der Waals surface area contributed by atoms with Gasteiger partial charge in [-0.25, -0.2) is 0 Å². The van der Waals surface area contributed by atoms with Gasteiger partial charge in [0.15, 0.2) is 0 Å². The van der Waals surface area contributed by atoms with Gasteiger partial charge in [-0.3, -0.25) is 4.79 Å². The molecule has 1 aromatic carbocycles. The topological polar surface area (TPSA) is 55.1 Å². The van der Waals surface area contributed by atoms with Crippen molar-refractivity contribution in [2.75, 3.05) is 5.73 Å². The van der Waals surface area contributed by atoms with Crippen molar-refractivity contribution >= 4 is 11.6 Å². The first-order chi connectivity index (χ1) is 9.11. The Morgan fingerprint density at radius 3 is 2.79 bits per heavy atom. The highest BCUT2D eigenvalue weighted by molar-refractivity contribution is 5.95. The molecule has 1 saturated carbocycles. The summed E-state index contributed by atoms with van der Waals surface area (Å²) in [7, 11) is 0. The Kier molecular flexibility index (Phi) is 4.46. The summed E-state index contributed by atoms with van der Waals surface area (Å²) in [5.41, 5.74) is 8.20. The van der Waals surface area contributed by atoms with Crippen molar-refractivity contribution in [1.29, 1.82) is 0 Å². The van der Waals surface area contributed by atoms with E-state index in [4.69, 9.17) is 5.73 Å². The lowest BCUT2D eigenvalue weighted by Gasteiger charge is -2.31. The highest BCUT2D eigenvalue weighted by Gasteiger charge is 2.25. The van der Waals surface area contributed by atoms with Crippen LogP contribution in [0.1, 0.15) is 54.9 Å². The van der Waals surface area contributed by atoms with Gasteiger partial charge in [0.05, 0.1) is 0 Å². The fourth-order valence-corrected chi connectivity index (χ4v) is 2.95. The lowest BCUT2D eigenvalue weighted by molar-refractivity contribution is 0.0904. The number of hydrogen-bond donors (Lipinski definition) is 2. The van der Waals surface area contributed by atoms with Gasteiger partial charge < -0.3 is 11.1 Å². The van der Waals surface area contributed by atoms with Gasteiger partial charge in [-0.2, -0.15) is 0 Å². The van der Waals surface area contributed by atoms with E-state index in [9.17, 15) is 4.79 Å². The summed E-state index contributed by atoms with van der Waals surface area (Å²) in [6, 6.07) is 5.82. The van der Waals surface area contributed by atoms with Gasteiger partial charge in [0.25, 0.3) is 5.91 Å². The maximum Gasteiger partial charge on any atom is 0.251 e. The lowest BCUT2D eigenvalue weighted by atomic mass is 9.83. The zero-order valence-corrected chi connectivity index (χ0v) is 11.9. The van der Waals surface area contributed by atoms with E-state index in [1.54, 1.807) is 6.07 Å². The second-order valence-electron chi connectivity index (χ2n) is 5.60. The molecule has 1 amide bonds. The van der Waals surface area contributed by atoms with Crippen LogP contribution in [0.15, 0.2) is 18.2 Å². The number of nitrogens with two attached hydrogens (primary N) is 1. The maximum absolute atomic E-state index is 12.3. The molecule has 2 atom stereocenters. The third-order valence-electron chi connectivity index (χ3n) is 4.28. The molecule has 19 heavy (non-hydrogen) atoms. The minimum absolute atomic E-state index is 0.0356. The zero-order valence-electron chi connectivity index (χ0n) is 11.9. The first-order valence-corrected chi connectivity index (χ1v) is 7.28. The van der Waals surface area contributed by atoms with E-state index in [2.05, 4.69) is 12.2 Å². The highest BCUT2D eigenvalue weighted by Crippen LogP contribution is 2.27. The largest absolute Gasteiger partial charge is 0.399 e. The van der Waals surface area contributed by atoms with Gasteiger partial charge in [0.2, 0.25) is 0 Å². The van der Waals surface area contributed by atoms with Crippen LogP contribution in [0.4, 0.5) is 5.69 Å². The molecule has 0 spiro atoms. The molecular weight excluding hydrogens is 236 g/mol. The Balaban J connectivity index is 2.05. The Morgan fingerprint density at radius 1 is 1.37 bits per heavy atom. The Morgan fingerprint density at radius 2 is 2.11 bits per heavy atom. The normalized spacial score (nSPS) is 23.1. The SMILES string of the molecule is CCC1CCCCC1NC(=O)c1ccc(N)c(C)c1. The molecule has 3 nitrogen and oxygen atoms in total. The number of nitrogen functional groups attached to an aromatic ring is 1. The van der Waals surface area contributed by atoms with Crippen LogP contribution in [0.25, 0.3) is 0 Å². The summed E-state index contributed by atoms with van der Waals surface area (Å²) < 4.78 is 0. The van der Waals surface area contributed by atoms with Crippen molar-refractivity contribution in [1.82, 2.24) is 5.32 Å². The molecule has 1 aromatic rings. The maximum atomic E-state index is 12.3. The Bertz CT molecular complexity index is 456. The molecule has 0 aromatic heterocycles. The molecule has 2 rings (SSSR count). The van der Waals surface area contributed by atoms with E-state index in [1.165, 1.54) is 19.3 Å². The van der Waals surface area contributed by atoms with Crippen LogP contribution in [0, 0.1) is 12.8 Å². The molecule has 0 aliphatic heterocycles. The monoisotopic (exact) mass is 260 g/mol. The molecular formula is C16H24N2O. The molecule has 0 radical (unpaired) electrons. The van der Waals surface area contributed by atoms with E-state index >= 15 is 0 Å². The number of carbonyl (C=O) groups is 1. The number of nitrogens with one attached hydrogen (secondary N) is 1. The number of carbonyl (C=O) groups excluding carboxylic acids is 1. The van der Waals surface area contributed by atoms with E-state index in [0.29, 0.717) is 17.5 Å². The predicted octanol–water partition coefficient (Wildman–Crippen LogP) is 3.28. The van der Waals surface area contributed by atoms with Gasteiger partial charge in [0.1, 0.15) is 0 Å². The van der Waals surface area contributed by atoms with Crippen LogP contribution < -0.4 is 11.1 Å². The molecule has 1 aliphatic carbocycles. The summed E-state index contributed by atoms with van der Waals surface area (Å²) in [6.45, 7) is 4.14. The average molecular weight is 260 g/mol. The second kappa shape index (κ2) is 6.09. The second-order valence-corrected chi connectivity index (χ2v) is 5.60. The average Bonchev–Trinajstić information content (AvgIpc) is 2.42. The quantitative estimate of drug-likeness (QED) is 0.819. The van der Waals surface area contributed by atoms with Gasteiger partial charge in [-0.05, 0) is 49.4 Å². The summed E-state index contributed by atoms with van der Waals surface area (Å²) in [5, 5.41) is 3.20. The summed E-state index contributed by atoms with van der Waals surface area (Å²) in [6.07, 6.45) is 6.01. The number of benzene rings is 1.